The van der Waals surface area contributed by atoms with Gasteiger partial charge in [0.15, 0.2) is 0 Å². The first-order valence-electron chi connectivity index (χ1n) is 11.1. The SMILES string of the molecule is O=C(CCc1ccc(S(=O)(=O)N2CCCCC2)cc1)N(Cc1ccc(Cl)cc1)C1CC1. The summed E-state index contributed by atoms with van der Waals surface area (Å²) in [7, 11) is -3.42. The molecule has 4 rings (SSSR count). The second-order valence-electron chi connectivity index (χ2n) is 8.49. The first-order valence-corrected chi connectivity index (χ1v) is 12.9. The van der Waals surface area contributed by atoms with Gasteiger partial charge in [0.1, 0.15) is 0 Å². The maximum Gasteiger partial charge on any atom is 0.243 e. The minimum atomic E-state index is -3.42. The predicted octanol–water partition coefficient (Wildman–Crippen LogP) is 4.64. The Hall–Kier alpha value is -1.89. The zero-order chi connectivity index (χ0) is 21.8. The standard InChI is InChI=1S/C24H29ClN2O3S/c25-21-9-4-20(5-10-21)18-27(22-11-12-22)24(28)15-8-19-6-13-23(14-7-19)31(29,30)26-16-2-1-3-17-26/h4-7,9-10,13-14,22H,1-3,8,11-12,15-18H2. The lowest BCUT2D eigenvalue weighted by molar-refractivity contribution is -0.132. The Labute approximate surface area is 190 Å². The van der Waals surface area contributed by atoms with Crippen LogP contribution in [0, 0.1) is 0 Å². The van der Waals surface area contributed by atoms with Crippen LogP contribution in [0.5, 0.6) is 0 Å². The zero-order valence-electron chi connectivity index (χ0n) is 17.7. The van der Waals surface area contributed by atoms with Gasteiger partial charge in [-0.3, -0.25) is 4.79 Å². The number of nitrogens with zero attached hydrogens (tertiary/aromatic N) is 2. The highest BCUT2D eigenvalue weighted by Crippen LogP contribution is 2.29. The van der Waals surface area contributed by atoms with Crippen LogP contribution in [0.3, 0.4) is 0 Å². The van der Waals surface area contributed by atoms with Gasteiger partial charge < -0.3 is 4.90 Å². The third-order valence-corrected chi connectivity index (χ3v) is 8.24. The molecule has 0 atom stereocenters. The van der Waals surface area contributed by atoms with E-state index in [1.54, 1.807) is 16.4 Å². The van der Waals surface area contributed by atoms with Crippen LogP contribution in [0.25, 0.3) is 0 Å². The number of hydrogen-bond donors (Lipinski definition) is 0. The molecule has 2 aromatic carbocycles. The molecule has 2 fully saturated rings. The highest BCUT2D eigenvalue weighted by molar-refractivity contribution is 7.89. The summed E-state index contributed by atoms with van der Waals surface area (Å²) in [6.45, 7) is 1.81. The fourth-order valence-electron chi connectivity index (χ4n) is 4.07. The second-order valence-corrected chi connectivity index (χ2v) is 10.9. The Balaban J connectivity index is 1.35. The molecule has 0 N–H and O–H groups in total. The number of piperidine rings is 1. The molecule has 7 heteroatoms. The molecule has 5 nitrogen and oxygen atoms in total. The summed E-state index contributed by atoms with van der Waals surface area (Å²) < 4.78 is 27.2. The molecule has 2 aliphatic rings. The molecule has 1 saturated carbocycles. The number of halogens is 1. The summed E-state index contributed by atoms with van der Waals surface area (Å²) in [5, 5.41) is 0.693. The summed E-state index contributed by atoms with van der Waals surface area (Å²) in [5.41, 5.74) is 2.06. The van der Waals surface area contributed by atoms with E-state index in [0.717, 1.165) is 43.2 Å². The molecule has 31 heavy (non-hydrogen) atoms. The van der Waals surface area contributed by atoms with Crippen molar-refractivity contribution < 1.29 is 13.2 Å². The molecule has 2 aromatic rings. The van der Waals surface area contributed by atoms with Crippen LogP contribution in [0.4, 0.5) is 0 Å². The number of hydrogen-bond acceptors (Lipinski definition) is 3. The van der Waals surface area contributed by atoms with Crippen molar-refractivity contribution in [3.05, 3.63) is 64.7 Å². The van der Waals surface area contributed by atoms with Gasteiger partial charge in [-0.2, -0.15) is 4.31 Å². The highest BCUT2D eigenvalue weighted by atomic mass is 35.5. The third-order valence-electron chi connectivity index (χ3n) is 6.08. The van der Waals surface area contributed by atoms with Gasteiger partial charge in [-0.1, -0.05) is 42.3 Å². The van der Waals surface area contributed by atoms with Crippen LogP contribution in [0.15, 0.2) is 53.4 Å². The quantitative estimate of drug-likeness (QED) is 0.576. The number of amides is 1. The monoisotopic (exact) mass is 460 g/mol. The largest absolute Gasteiger partial charge is 0.335 e. The topological polar surface area (TPSA) is 57.7 Å². The van der Waals surface area contributed by atoms with E-state index in [0.29, 0.717) is 48.4 Å². The average molecular weight is 461 g/mol. The maximum absolute atomic E-state index is 12.9. The van der Waals surface area contributed by atoms with Gasteiger partial charge in [-0.25, -0.2) is 8.42 Å². The highest BCUT2D eigenvalue weighted by Gasteiger charge is 2.32. The summed E-state index contributed by atoms with van der Waals surface area (Å²) >= 11 is 5.97. The predicted molar refractivity (Wildman–Crippen MR) is 122 cm³/mol. The van der Waals surface area contributed by atoms with E-state index in [9.17, 15) is 13.2 Å². The Kier molecular flexibility index (Phi) is 6.99. The minimum absolute atomic E-state index is 0.141. The molecule has 0 aromatic heterocycles. The van der Waals surface area contributed by atoms with E-state index in [1.165, 1.54) is 0 Å². The van der Waals surface area contributed by atoms with Crippen molar-refractivity contribution in [2.45, 2.75) is 62.4 Å². The molecule has 1 aliphatic carbocycles. The van der Waals surface area contributed by atoms with Crippen LogP contribution < -0.4 is 0 Å². The van der Waals surface area contributed by atoms with Gasteiger partial charge in [0.2, 0.25) is 15.9 Å². The van der Waals surface area contributed by atoms with Crippen molar-refractivity contribution in [1.82, 2.24) is 9.21 Å². The molecule has 1 saturated heterocycles. The van der Waals surface area contributed by atoms with Gasteiger partial charge >= 0.3 is 0 Å². The lowest BCUT2D eigenvalue weighted by Gasteiger charge is -2.26. The third kappa shape index (κ3) is 5.68. The average Bonchev–Trinajstić information content (AvgIpc) is 3.63. The molecule has 1 heterocycles. The Bertz CT molecular complexity index is 996. The number of rotatable bonds is 8. The smallest absolute Gasteiger partial charge is 0.243 e. The molecule has 0 unspecified atom stereocenters. The van der Waals surface area contributed by atoms with Gasteiger partial charge in [0, 0.05) is 37.1 Å². The fourth-order valence-corrected chi connectivity index (χ4v) is 5.71. The molecular formula is C24H29ClN2O3S. The molecule has 1 aliphatic heterocycles. The number of sulfonamides is 1. The van der Waals surface area contributed by atoms with Crippen molar-refractivity contribution in [1.29, 1.82) is 0 Å². The lowest BCUT2D eigenvalue weighted by atomic mass is 10.1. The summed E-state index contributed by atoms with van der Waals surface area (Å²) in [5.74, 6) is 0.141. The van der Waals surface area contributed by atoms with E-state index >= 15 is 0 Å². The van der Waals surface area contributed by atoms with Gasteiger partial charge in [0.25, 0.3) is 0 Å². The zero-order valence-corrected chi connectivity index (χ0v) is 19.2. The van der Waals surface area contributed by atoms with Crippen molar-refractivity contribution in [2.24, 2.45) is 0 Å². The van der Waals surface area contributed by atoms with Crippen molar-refractivity contribution in [3.8, 4) is 0 Å². The van der Waals surface area contributed by atoms with Gasteiger partial charge in [-0.15, -0.1) is 0 Å². The van der Waals surface area contributed by atoms with Crippen LogP contribution >= 0.6 is 11.6 Å². The van der Waals surface area contributed by atoms with Crippen LogP contribution in [0.1, 0.15) is 49.7 Å². The number of benzene rings is 2. The van der Waals surface area contributed by atoms with Crippen molar-refractivity contribution in [2.75, 3.05) is 13.1 Å². The van der Waals surface area contributed by atoms with E-state index in [-0.39, 0.29) is 5.91 Å². The fraction of sp³-hybridized carbons (Fsp3) is 0.458. The first-order chi connectivity index (χ1) is 14.9. The Morgan fingerprint density at radius 3 is 2.16 bits per heavy atom. The van der Waals surface area contributed by atoms with E-state index < -0.39 is 10.0 Å². The van der Waals surface area contributed by atoms with Crippen LogP contribution in [-0.2, 0) is 27.8 Å². The molecule has 0 bridgehead atoms. The Morgan fingerprint density at radius 2 is 1.55 bits per heavy atom. The summed E-state index contributed by atoms with van der Waals surface area (Å²) in [6.07, 6.45) is 6.08. The van der Waals surface area contributed by atoms with Crippen molar-refractivity contribution in [3.63, 3.8) is 0 Å². The number of aryl methyl sites for hydroxylation is 1. The van der Waals surface area contributed by atoms with Crippen LogP contribution in [0.2, 0.25) is 5.02 Å². The van der Waals surface area contributed by atoms with Crippen molar-refractivity contribution >= 4 is 27.5 Å². The van der Waals surface area contributed by atoms with E-state index in [1.807, 2.05) is 41.3 Å². The van der Waals surface area contributed by atoms with Crippen LogP contribution in [-0.4, -0.2) is 42.7 Å². The molecule has 166 valence electrons. The normalized spacial score (nSPS) is 17.5. The number of carbonyl (C=O) groups excluding carboxylic acids is 1. The van der Waals surface area contributed by atoms with E-state index in [2.05, 4.69) is 0 Å². The summed E-state index contributed by atoms with van der Waals surface area (Å²) in [4.78, 5) is 15.2. The summed E-state index contributed by atoms with van der Waals surface area (Å²) in [6, 6.07) is 15.0. The number of carbonyl (C=O) groups is 1. The molecule has 1 amide bonds. The molecule has 0 spiro atoms. The molecule has 0 radical (unpaired) electrons. The van der Waals surface area contributed by atoms with E-state index in [4.69, 9.17) is 11.6 Å². The minimum Gasteiger partial charge on any atom is -0.335 e. The van der Waals surface area contributed by atoms with Gasteiger partial charge in [-0.05, 0) is 67.5 Å². The van der Waals surface area contributed by atoms with Gasteiger partial charge in [0.05, 0.1) is 4.90 Å². The Morgan fingerprint density at radius 1 is 0.935 bits per heavy atom. The maximum atomic E-state index is 12.9. The first kappa shape index (κ1) is 22.3. The lowest BCUT2D eigenvalue weighted by Crippen LogP contribution is -2.35. The molecular weight excluding hydrogens is 432 g/mol. The second kappa shape index (κ2) is 9.72.